The molecule has 2 saturated heterocycles. The summed E-state index contributed by atoms with van der Waals surface area (Å²) in [5.41, 5.74) is 1.69. The fourth-order valence-corrected chi connectivity index (χ4v) is 5.67. The molecule has 2 heterocycles. The maximum absolute atomic E-state index is 12.8. The number of hydrogen-bond donors (Lipinski definition) is 1. The number of nitrogens with zero attached hydrogens (tertiary/aromatic N) is 1. The minimum atomic E-state index is -0.214. The minimum absolute atomic E-state index is 0.154. The zero-order chi connectivity index (χ0) is 19.7. The van der Waals surface area contributed by atoms with Crippen molar-refractivity contribution >= 4 is 40.7 Å². The Morgan fingerprint density at radius 1 is 1.00 bits per heavy atom. The Bertz CT molecular complexity index is 821. The van der Waals surface area contributed by atoms with E-state index in [4.69, 9.17) is 34.8 Å². The van der Waals surface area contributed by atoms with Crippen LogP contribution in [0, 0.1) is 0 Å². The van der Waals surface area contributed by atoms with E-state index in [1.165, 1.54) is 18.4 Å². The summed E-state index contributed by atoms with van der Waals surface area (Å²) in [7, 11) is 0. The summed E-state index contributed by atoms with van der Waals surface area (Å²) in [5.74, 6) is -0.214. The molecule has 0 radical (unpaired) electrons. The summed E-state index contributed by atoms with van der Waals surface area (Å²) in [6.07, 6.45) is 5.42. The van der Waals surface area contributed by atoms with Crippen molar-refractivity contribution in [3.63, 3.8) is 0 Å². The summed E-state index contributed by atoms with van der Waals surface area (Å²) in [4.78, 5) is 15.4. The van der Waals surface area contributed by atoms with Crippen LogP contribution in [-0.2, 0) is 6.42 Å². The Morgan fingerprint density at radius 3 is 2.21 bits per heavy atom. The summed E-state index contributed by atoms with van der Waals surface area (Å²) in [6, 6.07) is 15.0. The van der Waals surface area contributed by atoms with Crippen molar-refractivity contribution in [2.75, 3.05) is 6.54 Å². The topological polar surface area (TPSA) is 32.3 Å². The number of rotatable bonds is 5. The average molecular weight is 438 g/mol. The van der Waals surface area contributed by atoms with E-state index in [0.29, 0.717) is 32.7 Å². The Kier molecular flexibility index (Phi) is 6.17. The quantitative estimate of drug-likeness (QED) is 0.659. The first-order valence-corrected chi connectivity index (χ1v) is 10.9. The van der Waals surface area contributed by atoms with Crippen molar-refractivity contribution in [3.8, 4) is 0 Å². The monoisotopic (exact) mass is 436 g/mol. The molecule has 2 atom stereocenters. The van der Waals surface area contributed by atoms with Crippen LogP contribution >= 0.6 is 34.8 Å². The predicted octanol–water partition coefficient (Wildman–Crippen LogP) is 5.61. The molecule has 4 rings (SSSR count). The molecule has 2 aliphatic heterocycles. The summed E-state index contributed by atoms with van der Waals surface area (Å²) >= 11 is 18.4. The molecule has 2 unspecified atom stereocenters. The Labute approximate surface area is 181 Å². The van der Waals surface area contributed by atoms with Gasteiger partial charge in [-0.3, -0.25) is 9.69 Å². The van der Waals surface area contributed by atoms with Gasteiger partial charge in [0.15, 0.2) is 0 Å². The summed E-state index contributed by atoms with van der Waals surface area (Å²) < 4.78 is 0. The van der Waals surface area contributed by atoms with Crippen LogP contribution in [0.5, 0.6) is 0 Å². The van der Waals surface area contributed by atoms with E-state index in [0.717, 1.165) is 25.8 Å². The smallest absolute Gasteiger partial charge is 0.254 e. The second-order valence-corrected chi connectivity index (χ2v) is 9.00. The minimum Gasteiger partial charge on any atom is -0.349 e. The number of benzene rings is 2. The lowest BCUT2D eigenvalue weighted by atomic mass is 9.96. The molecule has 2 fully saturated rings. The van der Waals surface area contributed by atoms with Gasteiger partial charge >= 0.3 is 0 Å². The van der Waals surface area contributed by atoms with E-state index in [9.17, 15) is 4.79 Å². The lowest BCUT2D eigenvalue weighted by Crippen LogP contribution is -2.50. The number of hydrogen-bond acceptors (Lipinski definition) is 2. The number of halogens is 3. The van der Waals surface area contributed by atoms with Crippen LogP contribution in [0.25, 0.3) is 0 Å². The van der Waals surface area contributed by atoms with Crippen molar-refractivity contribution in [3.05, 3.63) is 68.7 Å². The van der Waals surface area contributed by atoms with Crippen LogP contribution in [0.1, 0.15) is 41.6 Å². The molecule has 2 aliphatic rings. The zero-order valence-electron chi connectivity index (χ0n) is 15.5. The molecule has 148 valence electrons. The van der Waals surface area contributed by atoms with Crippen LogP contribution in [0.4, 0.5) is 0 Å². The molecular weight excluding hydrogens is 415 g/mol. The Morgan fingerprint density at radius 2 is 1.61 bits per heavy atom. The number of carbonyl (C=O) groups is 1. The molecule has 0 aliphatic carbocycles. The number of nitrogens with one attached hydrogen (secondary N) is 1. The average Bonchev–Trinajstić information content (AvgIpc) is 2.88. The zero-order valence-corrected chi connectivity index (χ0v) is 17.8. The molecule has 3 nitrogen and oxygen atoms in total. The van der Waals surface area contributed by atoms with Crippen LogP contribution < -0.4 is 5.32 Å². The molecule has 0 spiro atoms. The van der Waals surface area contributed by atoms with Crippen LogP contribution in [0.2, 0.25) is 15.1 Å². The molecule has 2 bridgehead atoms. The van der Waals surface area contributed by atoms with E-state index in [1.54, 1.807) is 12.1 Å². The molecule has 6 heteroatoms. The lowest BCUT2D eigenvalue weighted by Gasteiger charge is -2.39. The van der Waals surface area contributed by atoms with Gasteiger partial charge in [0.2, 0.25) is 0 Å². The first kappa shape index (κ1) is 20.0. The third-order valence-corrected chi connectivity index (χ3v) is 6.77. The van der Waals surface area contributed by atoms with Gasteiger partial charge in [0.25, 0.3) is 5.91 Å². The third kappa shape index (κ3) is 4.33. The highest BCUT2D eigenvalue weighted by atomic mass is 35.5. The van der Waals surface area contributed by atoms with Crippen molar-refractivity contribution in [2.45, 2.75) is 50.2 Å². The van der Waals surface area contributed by atoms with Crippen molar-refractivity contribution in [2.24, 2.45) is 0 Å². The van der Waals surface area contributed by atoms with E-state index >= 15 is 0 Å². The maximum Gasteiger partial charge on any atom is 0.254 e. The van der Waals surface area contributed by atoms with Crippen molar-refractivity contribution in [1.29, 1.82) is 0 Å². The molecule has 1 amide bonds. The summed E-state index contributed by atoms with van der Waals surface area (Å²) in [6.45, 7) is 1.08. The second kappa shape index (κ2) is 8.62. The van der Waals surface area contributed by atoms with Crippen LogP contribution in [0.15, 0.2) is 42.5 Å². The number of piperidine rings is 1. The molecular formula is C22H23Cl3N2O. The molecule has 1 N–H and O–H groups in total. The maximum atomic E-state index is 12.8. The number of fused-ring (bicyclic) bond motifs is 2. The van der Waals surface area contributed by atoms with Gasteiger partial charge in [-0.1, -0.05) is 65.1 Å². The molecule has 2 aromatic rings. The van der Waals surface area contributed by atoms with Gasteiger partial charge in [0.1, 0.15) is 0 Å². The molecule has 0 aromatic heterocycles. The van der Waals surface area contributed by atoms with E-state index < -0.39 is 0 Å². The lowest BCUT2D eigenvalue weighted by molar-refractivity contribution is 0.0848. The molecule has 0 saturated carbocycles. The number of amides is 1. The van der Waals surface area contributed by atoms with E-state index in [-0.39, 0.29) is 11.9 Å². The Balaban J connectivity index is 1.37. The van der Waals surface area contributed by atoms with Crippen molar-refractivity contribution < 1.29 is 4.79 Å². The largest absolute Gasteiger partial charge is 0.349 e. The van der Waals surface area contributed by atoms with Gasteiger partial charge in [-0.05, 0) is 49.8 Å². The predicted molar refractivity (Wildman–Crippen MR) is 116 cm³/mol. The molecule has 28 heavy (non-hydrogen) atoms. The first-order valence-electron chi connectivity index (χ1n) is 9.76. The highest BCUT2D eigenvalue weighted by molar-refractivity contribution is 6.42. The van der Waals surface area contributed by atoms with Crippen LogP contribution in [-0.4, -0.2) is 35.5 Å². The van der Waals surface area contributed by atoms with Crippen LogP contribution in [0.3, 0.4) is 0 Å². The summed E-state index contributed by atoms with van der Waals surface area (Å²) in [5, 5.41) is 4.16. The fourth-order valence-electron chi connectivity index (χ4n) is 4.68. The van der Waals surface area contributed by atoms with Gasteiger partial charge in [0.05, 0.1) is 15.6 Å². The van der Waals surface area contributed by atoms with E-state index in [1.807, 2.05) is 0 Å². The van der Waals surface area contributed by atoms with Gasteiger partial charge in [0, 0.05) is 29.7 Å². The molecule has 2 aromatic carbocycles. The fraction of sp³-hybridized carbons (Fsp3) is 0.409. The first-order chi connectivity index (χ1) is 13.5. The SMILES string of the molecule is O=C(NC1CC2CCC(C1)N2CCc1ccccc1)c1c(Cl)cc(Cl)cc1Cl. The van der Waals surface area contributed by atoms with Gasteiger partial charge in [-0.25, -0.2) is 0 Å². The third-order valence-electron chi connectivity index (χ3n) is 5.95. The highest BCUT2D eigenvalue weighted by Gasteiger charge is 2.40. The number of carbonyl (C=O) groups excluding carboxylic acids is 1. The van der Waals surface area contributed by atoms with Gasteiger partial charge in [-0.15, -0.1) is 0 Å². The standard InChI is InChI=1S/C22H23Cl3N2O/c23-15-10-19(24)21(20(25)11-15)22(28)26-16-12-17-6-7-18(13-16)27(17)9-8-14-4-2-1-3-5-14/h1-5,10-11,16-18H,6-9,12-13H2,(H,26,28). The van der Waals surface area contributed by atoms with Gasteiger partial charge < -0.3 is 5.32 Å². The van der Waals surface area contributed by atoms with E-state index in [2.05, 4.69) is 40.5 Å². The Hall–Kier alpha value is -1.26. The van der Waals surface area contributed by atoms with Crippen molar-refractivity contribution in [1.82, 2.24) is 10.2 Å². The normalized spacial score (nSPS) is 24.3. The second-order valence-electron chi connectivity index (χ2n) is 7.74. The van der Waals surface area contributed by atoms with Gasteiger partial charge in [-0.2, -0.15) is 0 Å². The highest BCUT2D eigenvalue weighted by Crippen LogP contribution is 2.36.